The second-order valence-electron chi connectivity index (χ2n) is 7.36. The van der Waals surface area contributed by atoms with Crippen LogP contribution in [0.15, 0.2) is 83.0 Å². The second-order valence-corrected chi connectivity index (χ2v) is 9.31. The van der Waals surface area contributed by atoms with Crippen LogP contribution in [0.2, 0.25) is 0 Å². The third-order valence-corrected chi connectivity index (χ3v) is 7.39. The van der Waals surface area contributed by atoms with E-state index in [9.17, 15) is 4.79 Å². The molecule has 0 fully saturated rings. The van der Waals surface area contributed by atoms with Gasteiger partial charge in [0, 0.05) is 5.39 Å². The Bertz CT molecular complexity index is 1660. The molecule has 2 aromatic carbocycles. The molecule has 0 saturated heterocycles. The molecule has 0 bridgehead atoms. The monoisotopic (exact) mass is 468 g/mol. The maximum Gasteiger partial charge on any atom is 0.292 e. The van der Waals surface area contributed by atoms with Crippen molar-refractivity contribution in [3.8, 4) is 33.1 Å². The minimum absolute atomic E-state index is 0.201. The van der Waals surface area contributed by atoms with Crippen molar-refractivity contribution in [1.82, 2.24) is 20.0 Å². The summed E-state index contributed by atoms with van der Waals surface area (Å²) in [5.41, 5.74) is 3.87. The maximum absolute atomic E-state index is 13.4. The minimum atomic E-state index is -0.201. The molecule has 4 aromatic heterocycles. The molecule has 0 atom stereocenters. The fourth-order valence-corrected chi connectivity index (χ4v) is 5.58. The van der Waals surface area contributed by atoms with E-state index in [4.69, 9.17) is 9.72 Å². The van der Waals surface area contributed by atoms with Crippen LogP contribution in [-0.2, 0) is 0 Å². The molecule has 0 amide bonds. The summed E-state index contributed by atoms with van der Waals surface area (Å²) in [5.74, 6) is 0.781. The van der Waals surface area contributed by atoms with E-state index in [2.05, 4.69) is 16.4 Å². The number of rotatable bonds is 4. The molecule has 0 saturated carbocycles. The van der Waals surface area contributed by atoms with Crippen LogP contribution in [0.1, 0.15) is 0 Å². The molecule has 6 rings (SSSR count). The third kappa shape index (κ3) is 3.31. The predicted octanol–water partition coefficient (Wildman–Crippen LogP) is 5.79. The van der Waals surface area contributed by atoms with Gasteiger partial charge < -0.3 is 4.74 Å². The van der Waals surface area contributed by atoms with Gasteiger partial charge in [-0.05, 0) is 52.9 Å². The Labute approximate surface area is 196 Å². The average Bonchev–Trinajstić information content (AvgIpc) is 3.53. The molecule has 0 aliphatic heterocycles. The van der Waals surface area contributed by atoms with E-state index in [1.54, 1.807) is 18.4 Å². The van der Waals surface area contributed by atoms with Gasteiger partial charge in [-0.25, -0.2) is 4.98 Å². The van der Waals surface area contributed by atoms with Gasteiger partial charge in [-0.2, -0.15) is 4.68 Å². The van der Waals surface area contributed by atoms with E-state index in [0.29, 0.717) is 15.9 Å². The lowest BCUT2D eigenvalue weighted by Crippen LogP contribution is -2.21. The van der Waals surface area contributed by atoms with Crippen molar-refractivity contribution in [3.05, 3.63) is 88.5 Å². The van der Waals surface area contributed by atoms with E-state index in [1.807, 2.05) is 72.1 Å². The summed E-state index contributed by atoms with van der Waals surface area (Å²) in [6, 6.07) is 23.3. The van der Waals surface area contributed by atoms with E-state index in [0.717, 1.165) is 37.7 Å². The van der Waals surface area contributed by atoms with Crippen molar-refractivity contribution < 1.29 is 4.74 Å². The van der Waals surface area contributed by atoms with Crippen molar-refractivity contribution in [1.29, 1.82) is 0 Å². The molecule has 6 aromatic rings. The topological polar surface area (TPSA) is 69.9 Å². The highest BCUT2D eigenvalue weighted by atomic mass is 32.1. The summed E-state index contributed by atoms with van der Waals surface area (Å²) >= 11 is 2.99. The van der Waals surface area contributed by atoms with Gasteiger partial charge in [-0.15, -0.1) is 27.8 Å². The summed E-state index contributed by atoms with van der Waals surface area (Å²) in [7, 11) is 1.65. The smallest absolute Gasteiger partial charge is 0.292 e. The number of hydrogen-bond acceptors (Lipinski definition) is 7. The van der Waals surface area contributed by atoms with Gasteiger partial charge in [0.05, 0.1) is 23.4 Å². The van der Waals surface area contributed by atoms with E-state index >= 15 is 0 Å². The lowest BCUT2D eigenvalue weighted by molar-refractivity contribution is 0.415. The Hall–Kier alpha value is -3.88. The van der Waals surface area contributed by atoms with Crippen LogP contribution in [0.3, 0.4) is 0 Å². The van der Waals surface area contributed by atoms with Crippen molar-refractivity contribution in [2.45, 2.75) is 0 Å². The summed E-state index contributed by atoms with van der Waals surface area (Å²) in [6.45, 7) is 0. The molecule has 8 heteroatoms. The van der Waals surface area contributed by atoms with Gasteiger partial charge in [0.15, 0.2) is 0 Å². The number of benzene rings is 2. The zero-order chi connectivity index (χ0) is 22.4. The molecular formula is C25H16N4O2S2. The summed E-state index contributed by atoms with van der Waals surface area (Å²) in [5, 5.41) is 11.6. The molecule has 0 unspecified atom stereocenters. The second kappa shape index (κ2) is 7.91. The van der Waals surface area contributed by atoms with Crippen molar-refractivity contribution in [2.24, 2.45) is 0 Å². The van der Waals surface area contributed by atoms with Gasteiger partial charge in [-0.3, -0.25) is 4.79 Å². The summed E-state index contributed by atoms with van der Waals surface area (Å²) < 4.78 is 7.20. The Kier molecular flexibility index (Phi) is 4.74. The van der Waals surface area contributed by atoms with Crippen molar-refractivity contribution in [3.63, 3.8) is 0 Å². The predicted molar refractivity (Wildman–Crippen MR) is 134 cm³/mol. The Morgan fingerprint density at radius 3 is 2.52 bits per heavy atom. The molecule has 4 heterocycles. The van der Waals surface area contributed by atoms with Crippen LogP contribution < -0.4 is 10.3 Å². The fraction of sp³-hybridized carbons (Fsp3) is 0.0400. The Balaban J connectivity index is 1.66. The Morgan fingerprint density at radius 2 is 1.79 bits per heavy atom. The van der Waals surface area contributed by atoms with Crippen LogP contribution in [0.25, 0.3) is 47.8 Å². The molecule has 0 aliphatic rings. The number of aromatic nitrogens is 4. The van der Waals surface area contributed by atoms with Gasteiger partial charge >= 0.3 is 0 Å². The van der Waals surface area contributed by atoms with Gasteiger partial charge in [0.25, 0.3) is 5.56 Å². The van der Waals surface area contributed by atoms with Gasteiger partial charge in [0.1, 0.15) is 20.8 Å². The first kappa shape index (κ1) is 19.8. The van der Waals surface area contributed by atoms with Crippen LogP contribution in [0, 0.1) is 0 Å². The van der Waals surface area contributed by atoms with E-state index in [-0.39, 0.29) is 5.56 Å². The largest absolute Gasteiger partial charge is 0.497 e. The van der Waals surface area contributed by atoms with Crippen molar-refractivity contribution >= 4 is 43.1 Å². The van der Waals surface area contributed by atoms with Gasteiger partial charge in [0.2, 0.25) is 0 Å². The quantitative estimate of drug-likeness (QED) is 0.327. The zero-order valence-corrected chi connectivity index (χ0v) is 19.1. The number of para-hydroxylation sites is 1. The highest BCUT2D eigenvalue weighted by Crippen LogP contribution is 2.40. The maximum atomic E-state index is 13.4. The molecule has 0 spiro atoms. The first-order chi connectivity index (χ1) is 16.2. The molecule has 0 radical (unpaired) electrons. The molecule has 33 heavy (non-hydrogen) atoms. The number of nitrogens with zero attached hydrogens (tertiary/aromatic N) is 4. The number of ether oxygens (including phenoxy) is 1. The average molecular weight is 469 g/mol. The summed E-state index contributed by atoms with van der Waals surface area (Å²) in [6.07, 6.45) is 0. The van der Waals surface area contributed by atoms with Crippen LogP contribution in [0.5, 0.6) is 5.75 Å². The summed E-state index contributed by atoms with van der Waals surface area (Å²) in [4.78, 5) is 20.1. The van der Waals surface area contributed by atoms with E-state index < -0.39 is 0 Å². The molecule has 160 valence electrons. The standard InChI is InChI=1S/C25H16N4O2S2/c1-31-17-11-9-15(10-12-17)18-14-19(20-8-5-13-32-20)26-24-21(18)22-23(33-24)25(30)29(28-27-22)16-6-3-2-4-7-16/h2-14H,1H3. The zero-order valence-electron chi connectivity index (χ0n) is 17.4. The molecule has 0 aliphatic carbocycles. The fourth-order valence-electron chi connectivity index (χ4n) is 3.84. The third-order valence-electron chi connectivity index (χ3n) is 5.43. The highest BCUT2D eigenvalue weighted by Gasteiger charge is 2.20. The Morgan fingerprint density at radius 1 is 0.970 bits per heavy atom. The number of pyridine rings is 1. The number of methoxy groups -OCH3 is 1. The van der Waals surface area contributed by atoms with Crippen LogP contribution in [0.4, 0.5) is 0 Å². The normalized spacial score (nSPS) is 11.3. The number of hydrogen-bond donors (Lipinski definition) is 0. The lowest BCUT2D eigenvalue weighted by Gasteiger charge is -2.08. The molecular weight excluding hydrogens is 452 g/mol. The van der Waals surface area contributed by atoms with Crippen LogP contribution >= 0.6 is 22.7 Å². The molecule has 6 nitrogen and oxygen atoms in total. The first-order valence-electron chi connectivity index (χ1n) is 10.2. The highest BCUT2D eigenvalue weighted by molar-refractivity contribution is 7.25. The SMILES string of the molecule is COc1ccc(-c2cc(-c3cccs3)nc3sc4c(=O)n(-c5ccccc5)nnc4c23)cc1. The van der Waals surface area contributed by atoms with E-state index in [1.165, 1.54) is 16.0 Å². The van der Waals surface area contributed by atoms with Crippen molar-refractivity contribution in [2.75, 3.05) is 7.11 Å². The lowest BCUT2D eigenvalue weighted by atomic mass is 10.0. The number of fused-ring (bicyclic) bond motifs is 3. The molecule has 0 N–H and O–H groups in total. The van der Waals surface area contributed by atoms with Crippen LogP contribution in [-0.4, -0.2) is 27.1 Å². The first-order valence-corrected chi connectivity index (χ1v) is 11.9. The van der Waals surface area contributed by atoms with Gasteiger partial charge in [-0.1, -0.05) is 41.6 Å². The minimum Gasteiger partial charge on any atom is -0.497 e. The number of thiophene rings is 2.